The molecule has 0 saturated heterocycles. The van der Waals surface area contributed by atoms with Crippen LogP contribution in [0.5, 0.6) is 11.5 Å². The topological polar surface area (TPSA) is 99.2 Å². The molecule has 0 radical (unpaired) electrons. The van der Waals surface area contributed by atoms with E-state index in [-0.39, 0.29) is 5.91 Å². The molecule has 0 aliphatic rings. The lowest BCUT2D eigenvalue weighted by Gasteiger charge is -2.10. The SMILES string of the molecule is Cc1ccnn1-c1cccc(NC(=O)c2ccc(Oc3ccc(C(N)=O)cc3)cc2)c1. The highest BCUT2D eigenvalue weighted by molar-refractivity contribution is 6.04. The van der Waals surface area contributed by atoms with Crippen LogP contribution in [0.4, 0.5) is 5.69 Å². The molecule has 7 nitrogen and oxygen atoms in total. The molecule has 0 bridgehead atoms. The van der Waals surface area contributed by atoms with Crippen LogP contribution in [0, 0.1) is 6.92 Å². The van der Waals surface area contributed by atoms with Crippen LogP contribution >= 0.6 is 0 Å². The van der Waals surface area contributed by atoms with Gasteiger partial charge in [0.05, 0.1) is 5.69 Å². The van der Waals surface area contributed by atoms with Gasteiger partial charge in [-0.05, 0) is 79.7 Å². The molecular formula is C24H20N4O3. The Morgan fingerprint density at radius 2 is 1.55 bits per heavy atom. The average Bonchev–Trinajstić information content (AvgIpc) is 3.21. The summed E-state index contributed by atoms with van der Waals surface area (Å²) < 4.78 is 7.54. The van der Waals surface area contributed by atoms with Crippen molar-refractivity contribution in [1.29, 1.82) is 0 Å². The zero-order valence-electron chi connectivity index (χ0n) is 16.8. The predicted octanol–water partition coefficient (Wildman–Crippen LogP) is 4.32. The van der Waals surface area contributed by atoms with Crippen molar-refractivity contribution >= 4 is 17.5 Å². The summed E-state index contributed by atoms with van der Waals surface area (Å²) in [5.74, 6) is 0.409. The van der Waals surface area contributed by atoms with Crippen LogP contribution in [-0.4, -0.2) is 21.6 Å². The minimum Gasteiger partial charge on any atom is -0.457 e. The van der Waals surface area contributed by atoms with Crippen molar-refractivity contribution < 1.29 is 14.3 Å². The molecule has 2 amide bonds. The zero-order valence-corrected chi connectivity index (χ0v) is 16.8. The molecule has 4 rings (SSSR count). The number of benzene rings is 3. The third kappa shape index (κ3) is 4.62. The highest BCUT2D eigenvalue weighted by Gasteiger charge is 2.09. The van der Waals surface area contributed by atoms with Gasteiger partial charge in [0.15, 0.2) is 0 Å². The fourth-order valence-electron chi connectivity index (χ4n) is 3.06. The van der Waals surface area contributed by atoms with Crippen molar-refractivity contribution in [3.05, 3.63) is 102 Å². The molecule has 0 aliphatic carbocycles. The van der Waals surface area contributed by atoms with E-state index in [4.69, 9.17) is 10.5 Å². The number of amides is 2. The maximum Gasteiger partial charge on any atom is 0.255 e. The normalized spacial score (nSPS) is 10.5. The number of carbonyl (C=O) groups excluding carboxylic acids is 2. The Labute approximate surface area is 179 Å². The Morgan fingerprint density at radius 1 is 0.903 bits per heavy atom. The van der Waals surface area contributed by atoms with E-state index in [1.807, 2.05) is 37.3 Å². The van der Waals surface area contributed by atoms with Crippen molar-refractivity contribution in [2.24, 2.45) is 5.73 Å². The second kappa shape index (κ2) is 8.54. The summed E-state index contributed by atoms with van der Waals surface area (Å²) in [6.07, 6.45) is 1.73. The number of ether oxygens (including phenoxy) is 1. The smallest absolute Gasteiger partial charge is 0.255 e. The van der Waals surface area contributed by atoms with E-state index >= 15 is 0 Å². The van der Waals surface area contributed by atoms with Gasteiger partial charge in [0.2, 0.25) is 5.91 Å². The van der Waals surface area contributed by atoms with Crippen molar-refractivity contribution in [2.75, 3.05) is 5.32 Å². The Morgan fingerprint density at radius 3 is 2.13 bits per heavy atom. The number of aryl methyl sites for hydroxylation is 1. The highest BCUT2D eigenvalue weighted by atomic mass is 16.5. The van der Waals surface area contributed by atoms with Crippen LogP contribution in [0.15, 0.2) is 85.1 Å². The number of anilines is 1. The predicted molar refractivity (Wildman–Crippen MR) is 118 cm³/mol. The average molecular weight is 412 g/mol. The summed E-state index contributed by atoms with van der Waals surface area (Å²) >= 11 is 0. The Bertz CT molecular complexity index is 1230. The third-order valence-corrected chi connectivity index (χ3v) is 4.67. The van der Waals surface area contributed by atoms with E-state index in [0.717, 1.165) is 11.4 Å². The lowest BCUT2D eigenvalue weighted by Crippen LogP contribution is -2.12. The van der Waals surface area contributed by atoms with Crippen molar-refractivity contribution in [3.8, 4) is 17.2 Å². The molecule has 154 valence electrons. The fourth-order valence-corrected chi connectivity index (χ4v) is 3.06. The van der Waals surface area contributed by atoms with Crippen molar-refractivity contribution in [2.45, 2.75) is 6.92 Å². The number of nitrogens with two attached hydrogens (primary N) is 1. The first-order chi connectivity index (χ1) is 15.0. The number of hydrogen-bond acceptors (Lipinski definition) is 4. The van der Waals surface area contributed by atoms with Gasteiger partial charge in [0.25, 0.3) is 5.91 Å². The van der Waals surface area contributed by atoms with Gasteiger partial charge >= 0.3 is 0 Å². The second-order valence-electron chi connectivity index (χ2n) is 6.90. The third-order valence-electron chi connectivity index (χ3n) is 4.67. The molecule has 7 heteroatoms. The molecule has 1 aromatic heterocycles. The highest BCUT2D eigenvalue weighted by Crippen LogP contribution is 2.23. The molecule has 31 heavy (non-hydrogen) atoms. The van der Waals surface area contributed by atoms with Gasteiger partial charge in [-0.15, -0.1) is 0 Å². The monoisotopic (exact) mass is 412 g/mol. The number of primary amides is 1. The van der Waals surface area contributed by atoms with Crippen molar-refractivity contribution in [3.63, 3.8) is 0 Å². The maximum atomic E-state index is 12.6. The molecule has 4 aromatic rings. The van der Waals surface area contributed by atoms with Crippen LogP contribution in [0.2, 0.25) is 0 Å². The number of hydrogen-bond donors (Lipinski definition) is 2. The first-order valence-electron chi connectivity index (χ1n) is 9.60. The van der Waals surface area contributed by atoms with Crippen molar-refractivity contribution in [1.82, 2.24) is 9.78 Å². The number of nitrogens with one attached hydrogen (secondary N) is 1. The lowest BCUT2D eigenvalue weighted by atomic mass is 10.2. The number of rotatable bonds is 6. The molecular weight excluding hydrogens is 392 g/mol. The largest absolute Gasteiger partial charge is 0.457 e. The van der Waals surface area contributed by atoms with E-state index in [9.17, 15) is 9.59 Å². The first-order valence-corrected chi connectivity index (χ1v) is 9.60. The minimum atomic E-state index is -0.493. The molecule has 3 N–H and O–H groups in total. The Kier molecular flexibility index (Phi) is 5.49. The molecule has 0 fully saturated rings. The lowest BCUT2D eigenvalue weighted by molar-refractivity contribution is 0.0997. The molecule has 0 unspecified atom stereocenters. The van der Waals surface area contributed by atoms with Gasteiger partial charge in [-0.3, -0.25) is 9.59 Å². The summed E-state index contributed by atoms with van der Waals surface area (Å²) in [5.41, 5.74) is 8.68. The molecule has 1 heterocycles. The maximum absolute atomic E-state index is 12.6. The van der Waals surface area contributed by atoms with Gasteiger partial charge in [0, 0.05) is 28.7 Å². The summed E-state index contributed by atoms with van der Waals surface area (Å²) in [6, 6.07) is 22.7. The zero-order chi connectivity index (χ0) is 21.8. The van der Waals surface area contributed by atoms with E-state index < -0.39 is 5.91 Å². The van der Waals surface area contributed by atoms with Crippen LogP contribution in [-0.2, 0) is 0 Å². The Balaban J connectivity index is 1.43. The van der Waals surface area contributed by atoms with Gasteiger partial charge in [0.1, 0.15) is 11.5 Å². The summed E-state index contributed by atoms with van der Waals surface area (Å²) in [4.78, 5) is 23.8. The molecule has 3 aromatic carbocycles. The second-order valence-corrected chi connectivity index (χ2v) is 6.90. The quantitative estimate of drug-likeness (QED) is 0.492. The molecule has 0 spiro atoms. The summed E-state index contributed by atoms with van der Waals surface area (Å²) in [5, 5.41) is 7.19. The standard InChI is InChI=1S/C24H20N4O3/c1-16-13-14-26-28(16)20-4-2-3-19(15-20)27-24(30)18-7-11-22(12-8-18)31-21-9-5-17(6-10-21)23(25)29/h2-15H,1H3,(H2,25,29)(H,27,30). The number of carbonyl (C=O) groups is 2. The van der Waals surface area contributed by atoms with Crippen LogP contribution in [0.1, 0.15) is 26.4 Å². The number of aromatic nitrogens is 2. The molecule has 0 aliphatic heterocycles. The van der Waals surface area contributed by atoms with E-state index in [1.54, 1.807) is 59.4 Å². The van der Waals surface area contributed by atoms with Gasteiger partial charge in [-0.2, -0.15) is 5.10 Å². The van der Waals surface area contributed by atoms with Crippen LogP contribution in [0.3, 0.4) is 0 Å². The molecule has 0 saturated carbocycles. The van der Waals surface area contributed by atoms with Gasteiger partial charge in [-0.25, -0.2) is 4.68 Å². The Hall–Kier alpha value is -4.39. The van der Waals surface area contributed by atoms with Crippen LogP contribution in [0.25, 0.3) is 5.69 Å². The summed E-state index contributed by atoms with van der Waals surface area (Å²) in [7, 11) is 0. The summed E-state index contributed by atoms with van der Waals surface area (Å²) in [6.45, 7) is 1.97. The number of nitrogens with zero attached hydrogens (tertiary/aromatic N) is 2. The van der Waals surface area contributed by atoms with Gasteiger partial charge in [-0.1, -0.05) is 6.07 Å². The minimum absolute atomic E-state index is 0.230. The first kappa shape index (κ1) is 19.9. The molecule has 0 atom stereocenters. The van der Waals surface area contributed by atoms with E-state index in [1.165, 1.54) is 0 Å². The van der Waals surface area contributed by atoms with Gasteiger partial charge < -0.3 is 15.8 Å². The van der Waals surface area contributed by atoms with E-state index in [0.29, 0.717) is 28.3 Å². The van der Waals surface area contributed by atoms with E-state index in [2.05, 4.69) is 10.4 Å². The fraction of sp³-hybridized carbons (Fsp3) is 0.0417. The van der Waals surface area contributed by atoms with Crippen LogP contribution < -0.4 is 15.8 Å².